The fourth-order valence-electron chi connectivity index (χ4n) is 3.02. The molecule has 0 aliphatic heterocycles. The molecule has 10 heteroatoms. The Labute approximate surface area is 194 Å². The van der Waals surface area contributed by atoms with Crippen LogP contribution in [-0.2, 0) is 22.5 Å². The van der Waals surface area contributed by atoms with E-state index >= 15 is 0 Å². The molecule has 1 amide bonds. The number of amides is 1. The Morgan fingerprint density at radius 3 is 2.65 bits per heavy atom. The molecule has 7 nitrogen and oxygen atoms in total. The minimum atomic E-state index is -0.451. The smallest absolute Gasteiger partial charge is 0.340 e. The van der Waals surface area contributed by atoms with Crippen molar-refractivity contribution in [3.8, 4) is 11.4 Å². The number of aryl methyl sites for hydroxylation is 2. The molecule has 0 bridgehead atoms. The molecule has 0 aromatic carbocycles. The van der Waals surface area contributed by atoms with Gasteiger partial charge in [-0.3, -0.25) is 4.79 Å². The fourth-order valence-corrected chi connectivity index (χ4v) is 5.65. The van der Waals surface area contributed by atoms with Crippen LogP contribution < -0.4 is 5.32 Å². The molecule has 166 valence electrons. The summed E-state index contributed by atoms with van der Waals surface area (Å²) in [5, 5.41) is 15.0. The van der Waals surface area contributed by atoms with Crippen LogP contribution in [0.25, 0.3) is 11.4 Å². The monoisotopic (exact) mass is 478 g/mol. The first kappa shape index (κ1) is 23.5. The number of rotatable bonds is 9. The molecule has 3 heterocycles. The molecule has 1 N–H and O–H groups in total. The van der Waals surface area contributed by atoms with Crippen molar-refractivity contribution < 1.29 is 14.3 Å². The van der Waals surface area contributed by atoms with Crippen LogP contribution in [0.5, 0.6) is 0 Å². The minimum Gasteiger partial charge on any atom is -0.465 e. The molecular weight excluding hydrogens is 452 g/mol. The van der Waals surface area contributed by atoms with E-state index in [4.69, 9.17) is 4.74 Å². The number of aromatic nitrogens is 3. The van der Waals surface area contributed by atoms with E-state index in [1.54, 1.807) is 17.4 Å². The molecule has 0 aliphatic carbocycles. The molecule has 0 aliphatic rings. The van der Waals surface area contributed by atoms with E-state index in [9.17, 15) is 9.59 Å². The molecule has 31 heavy (non-hydrogen) atoms. The molecule has 0 spiro atoms. The Morgan fingerprint density at radius 2 is 2.03 bits per heavy atom. The van der Waals surface area contributed by atoms with Crippen molar-refractivity contribution in [2.75, 3.05) is 18.2 Å². The SMILES string of the molecule is CCCn1c(SCC(=O)Nc2sc(CC)cc2C(=O)OC)nnc1-c1csc(C)c1C. The normalized spacial score (nSPS) is 11.0. The zero-order chi connectivity index (χ0) is 22.5. The summed E-state index contributed by atoms with van der Waals surface area (Å²) in [5.74, 6) is 0.358. The number of carbonyl (C=O) groups is 2. The van der Waals surface area contributed by atoms with E-state index in [0.29, 0.717) is 15.7 Å². The second-order valence-electron chi connectivity index (χ2n) is 6.93. The number of nitrogens with zero attached hydrogens (tertiary/aromatic N) is 3. The quantitative estimate of drug-likeness (QED) is 0.337. The van der Waals surface area contributed by atoms with Crippen LogP contribution in [0.4, 0.5) is 5.00 Å². The van der Waals surface area contributed by atoms with Gasteiger partial charge < -0.3 is 14.6 Å². The van der Waals surface area contributed by atoms with Gasteiger partial charge in [0.2, 0.25) is 5.91 Å². The van der Waals surface area contributed by atoms with Crippen LogP contribution in [0.1, 0.15) is 45.9 Å². The summed E-state index contributed by atoms with van der Waals surface area (Å²) in [4.78, 5) is 26.9. The number of thiophene rings is 2. The zero-order valence-corrected chi connectivity index (χ0v) is 20.7. The maximum atomic E-state index is 12.6. The number of methoxy groups -OCH3 is 1. The van der Waals surface area contributed by atoms with E-state index < -0.39 is 5.97 Å². The van der Waals surface area contributed by atoms with Gasteiger partial charge in [-0.05, 0) is 38.3 Å². The van der Waals surface area contributed by atoms with Gasteiger partial charge in [0.1, 0.15) is 5.00 Å². The molecule has 0 fully saturated rings. The van der Waals surface area contributed by atoms with E-state index in [1.165, 1.54) is 40.6 Å². The summed E-state index contributed by atoms with van der Waals surface area (Å²) in [7, 11) is 1.34. The number of thioether (sulfide) groups is 1. The van der Waals surface area contributed by atoms with Gasteiger partial charge in [0, 0.05) is 27.2 Å². The second kappa shape index (κ2) is 10.4. The molecule has 0 unspecified atom stereocenters. The lowest BCUT2D eigenvalue weighted by molar-refractivity contribution is -0.113. The van der Waals surface area contributed by atoms with Gasteiger partial charge >= 0.3 is 5.97 Å². The minimum absolute atomic E-state index is 0.170. The average molecular weight is 479 g/mol. The summed E-state index contributed by atoms with van der Waals surface area (Å²) < 4.78 is 6.91. The number of hydrogen-bond donors (Lipinski definition) is 1. The van der Waals surface area contributed by atoms with E-state index in [1.807, 2.05) is 6.92 Å². The van der Waals surface area contributed by atoms with Crippen molar-refractivity contribution in [1.29, 1.82) is 0 Å². The Hall–Kier alpha value is -2.17. The zero-order valence-electron chi connectivity index (χ0n) is 18.3. The standard InChI is InChI=1S/C21H26N4O3S3/c1-6-8-25-18(16-10-29-13(4)12(16)3)23-24-21(25)30-11-17(26)22-19-15(20(27)28-5)9-14(7-2)31-19/h9-10H,6-8,11H2,1-5H3,(H,22,26). The van der Waals surface area contributed by atoms with Crippen molar-refractivity contribution in [2.45, 2.75) is 52.2 Å². The second-order valence-corrected chi connectivity index (χ2v) is 10.1. The summed E-state index contributed by atoms with van der Waals surface area (Å²) in [6.45, 7) is 9.08. The Bertz CT molecular complexity index is 1080. The van der Waals surface area contributed by atoms with Crippen molar-refractivity contribution in [3.63, 3.8) is 0 Å². The Kier molecular flexibility index (Phi) is 7.90. The third-order valence-corrected chi connectivity index (χ3v) is 7.99. The first-order valence-corrected chi connectivity index (χ1v) is 12.7. The van der Waals surface area contributed by atoms with Gasteiger partial charge in [-0.25, -0.2) is 4.79 Å². The predicted octanol–water partition coefficient (Wildman–Crippen LogP) is 5.17. The highest BCUT2D eigenvalue weighted by Crippen LogP contribution is 2.32. The number of anilines is 1. The van der Waals surface area contributed by atoms with Gasteiger partial charge in [0.05, 0.1) is 18.4 Å². The third kappa shape index (κ3) is 5.19. The fraction of sp³-hybridized carbons (Fsp3) is 0.429. The maximum Gasteiger partial charge on any atom is 0.340 e. The highest BCUT2D eigenvalue weighted by molar-refractivity contribution is 7.99. The number of ether oxygens (including phenoxy) is 1. The molecule has 3 aromatic heterocycles. The predicted molar refractivity (Wildman–Crippen MR) is 127 cm³/mol. The molecule has 3 aromatic rings. The topological polar surface area (TPSA) is 86.1 Å². The number of esters is 1. The van der Waals surface area contributed by atoms with Crippen LogP contribution in [0.15, 0.2) is 16.6 Å². The molecule has 0 radical (unpaired) electrons. The van der Waals surface area contributed by atoms with Crippen LogP contribution in [0.3, 0.4) is 0 Å². The van der Waals surface area contributed by atoms with E-state index in [0.717, 1.165) is 35.7 Å². The van der Waals surface area contributed by atoms with E-state index in [2.05, 4.69) is 46.2 Å². The first-order chi connectivity index (χ1) is 14.9. The average Bonchev–Trinajstić information content (AvgIpc) is 3.44. The lowest BCUT2D eigenvalue weighted by atomic mass is 10.1. The summed E-state index contributed by atoms with van der Waals surface area (Å²) >= 11 is 4.44. The van der Waals surface area contributed by atoms with Gasteiger partial charge in [-0.2, -0.15) is 0 Å². The first-order valence-electron chi connectivity index (χ1n) is 10.0. The number of hydrogen-bond acceptors (Lipinski definition) is 8. The third-order valence-electron chi connectivity index (χ3n) is 4.81. The summed E-state index contributed by atoms with van der Waals surface area (Å²) in [5.41, 5.74) is 2.69. The van der Waals surface area contributed by atoms with Crippen LogP contribution in [0, 0.1) is 13.8 Å². The Morgan fingerprint density at radius 1 is 1.26 bits per heavy atom. The van der Waals surface area contributed by atoms with Crippen molar-refractivity contribution in [2.24, 2.45) is 0 Å². The van der Waals surface area contributed by atoms with Crippen LogP contribution >= 0.6 is 34.4 Å². The number of nitrogens with one attached hydrogen (secondary N) is 1. The molecular formula is C21H26N4O3S3. The van der Waals surface area contributed by atoms with Crippen molar-refractivity contribution >= 4 is 51.3 Å². The molecule has 0 atom stereocenters. The van der Waals surface area contributed by atoms with Crippen molar-refractivity contribution in [1.82, 2.24) is 14.8 Å². The van der Waals surface area contributed by atoms with Gasteiger partial charge in [-0.1, -0.05) is 25.6 Å². The maximum absolute atomic E-state index is 12.6. The summed E-state index contributed by atoms with van der Waals surface area (Å²) in [6, 6.07) is 1.77. The highest BCUT2D eigenvalue weighted by Gasteiger charge is 2.20. The van der Waals surface area contributed by atoms with Crippen molar-refractivity contribution in [3.05, 3.63) is 32.3 Å². The summed E-state index contributed by atoms with van der Waals surface area (Å²) in [6.07, 6.45) is 1.72. The molecule has 0 saturated carbocycles. The van der Waals surface area contributed by atoms with Crippen LogP contribution in [0.2, 0.25) is 0 Å². The number of carbonyl (C=O) groups excluding carboxylic acids is 2. The Balaban J connectivity index is 1.74. The molecule has 3 rings (SSSR count). The lowest BCUT2D eigenvalue weighted by Gasteiger charge is -2.09. The van der Waals surface area contributed by atoms with Crippen LogP contribution in [-0.4, -0.2) is 39.5 Å². The highest BCUT2D eigenvalue weighted by atomic mass is 32.2. The lowest BCUT2D eigenvalue weighted by Crippen LogP contribution is -2.16. The molecule has 0 saturated heterocycles. The van der Waals surface area contributed by atoms with E-state index in [-0.39, 0.29) is 11.7 Å². The van der Waals surface area contributed by atoms with Gasteiger partial charge in [-0.15, -0.1) is 32.9 Å². The largest absolute Gasteiger partial charge is 0.465 e. The van der Waals surface area contributed by atoms with Gasteiger partial charge in [0.15, 0.2) is 11.0 Å². The van der Waals surface area contributed by atoms with Gasteiger partial charge in [0.25, 0.3) is 0 Å².